The summed E-state index contributed by atoms with van der Waals surface area (Å²) < 4.78 is 0. The Morgan fingerprint density at radius 1 is 1.04 bits per heavy atom. The molecule has 1 heterocycles. The van der Waals surface area contributed by atoms with Gasteiger partial charge >= 0.3 is 6.03 Å². The van der Waals surface area contributed by atoms with Gasteiger partial charge in [-0.25, -0.2) is 4.79 Å². The molecule has 0 bridgehead atoms. The van der Waals surface area contributed by atoms with Crippen LogP contribution in [0, 0.1) is 6.92 Å². The predicted octanol–water partition coefficient (Wildman–Crippen LogP) is 3.26. The van der Waals surface area contributed by atoms with Crippen molar-refractivity contribution in [1.82, 2.24) is 4.90 Å². The number of nitrogens with one attached hydrogen (secondary N) is 1. The van der Waals surface area contributed by atoms with Crippen LogP contribution in [0.1, 0.15) is 12.5 Å². The molecule has 3 amide bonds. The first-order chi connectivity index (χ1) is 11.6. The third kappa shape index (κ3) is 3.11. The molecule has 2 aromatic carbocycles. The van der Waals surface area contributed by atoms with Crippen LogP contribution in [0.5, 0.6) is 0 Å². The number of urea groups is 1. The molecule has 1 fully saturated rings. The molecule has 0 aliphatic carbocycles. The number of rotatable bonds is 2. The molecule has 1 saturated heterocycles. The van der Waals surface area contributed by atoms with Gasteiger partial charge in [-0.1, -0.05) is 36.4 Å². The van der Waals surface area contributed by atoms with Gasteiger partial charge in [0.1, 0.15) is 6.04 Å². The average molecular weight is 323 g/mol. The van der Waals surface area contributed by atoms with Crippen molar-refractivity contribution in [3.8, 4) is 0 Å². The fraction of sp³-hybridized carbons (Fsp3) is 0.263. The highest BCUT2D eigenvalue weighted by atomic mass is 16.2. The number of benzene rings is 2. The van der Waals surface area contributed by atoms with Gasteiger partial charge in [0.05, 0.1) is 0 Å². The first-order valence-electron chi connectivity index (χ1n) is 8.07. The lowest BCUT2D eigenvalue weighted by molar-refractivity contribution is -0.123. The Kier molecular flexibility index (Phi) is 4.51. The van der Waals surface area contributed by atoms with Gasteiger partial charge in [0, 0.05) is 24.5 Å². The number of para-hydroxylation sites is 2. The molecular formula is C19H21N3O2. The minimum Gasteiger partial charge on any atom is -0.311 e. The quantitative estimate of drug-likeness (QED) is 0.922. The van der Waals surface area contributed by atoms with E-state index < -0.39 is 6.04 Å². The monoisotopic (exact) mass is 323 g/mol. The molecule has 1 aliphatic rings. The lowest BCUT2D eigenvalue weighted by atomic mass is 10.1. The van der Waals surface area contributed by atoms with Crippen molar-refractivity contribution >= 4 is 23.3 Å². The molecular weight excluding hydrogens is 302 g/mol. The van der Waals surface area contributed by atoms with Crippen LogP contribution in [0.2, 0.25) is 0 Å². The molecule has 0 radical (unpaired) electrons. The maximum absolute atomic E-state index is 12.7. The summed E-state index contributed by atoms with van der Waals surface area (Å²) in [6, 6.07) is 16.3. The van der Waals surface area contributed by atoms with Crippen LogP contribution in [-0.2, 0) is 4.79 Å². The third-order valence-corrected chi connectivity index (χ3v) is 4.35. The van der Waals surface area contributed by atoms with E-state index in [2.05, 4.69) is 5.32 Å². The zero-order valence-electron chi connectivity index (χ0n) is 13.9. The summed E-state index contributed by atoms with van der Waals surface area (Å²) in [5.41, 5.74) is 2.70. The van der Waals surface area contributed by atoms with E-state index in [9.17, 15) is 9.59 Å². The van der Waals surface area contributed by atoms with Crippen molar-refractivity contribution < 1.29 is 9.59 Å². The summed E-state index contributed by atoms with van der Waals surface area (Å²) in [5, 5.41) is 2.84. The molecule has 124 valence electrons. The SMILES string of the molecule is Cc1ccccc1N1CCN(C(=O)Nc2ccccc2)C(C)C1=O. The summed E-state index contributed by atoms with van der Waals surface area (Å²) in [5.74, 6) is -0.0567. The third-order valence-electron chi connectivity index (χ3n) is 4.35. The van der Waals surface area contributed by atoms with Crippen molar-refractivity contribution in [3.05, 3.63) is 60.2 Å². The van der Waals surface area contributed by atoms with Crippen LogP contribution in [0.3, 0.4) is 0 Å². The van der Waals surface area contributed by atoms with Crippen LogP contribution >= 0.6 is 0 Å². The molecule has 0 spiro atoms. The molecule has 5 nitrogen and oxygen atoms in total. The van der Waals surface area contributed by atoms with E-state index >= 15 is 0 Å². The number of hydrogen-bond acceptors (Lipinski definition) is 2. The van der Waals surface area contributed by atoms with Gasteiger partial charge in [0.15, 0.2) is 0 Å². The fourth-order valence-corrected chi connectivity index (χ4v) is 2.97. The summed E-state index contributed by atoms with van der Waals surface area (Å²) in [4.78, 5) is 28.6. The molecule has 1 N–H and O–H groups in total. The Bertz CT molecular complexity index is 745. The predicted molar refractivity (Wildman–Crippen MR) is 95.2 cm³/mol. The summed E-state index contributed by atoms with van der Waals surface area (Å²) in [6.45, 7) is 4.76. The highest BCUT2D eigenvalue weighted by molar-refractivity contribution is 6.02. The van der Waals surface area contributed by atoms with E-state index in [-0.39, 0.29) is 11.9 Å². The topological polar surface area (TPSA) is 52.6 Å². The highest BCUT2D eigenvalue weighted by Gasteiger charge is 2.35. The normalized spacial score (nSPS) is 17.8. The number of carbonyl (C=O) groups is 2. The van der Waals surface area contributed by atoms with Crippen molar-refractivity contribution in [1.29, 1.82) is 0 Å². The highest BCUT2D eigenvalue weighted by Crippen LogP contribution is 2.24. The minimum absolute atomic E-state index is 0.0567. The maximum Gasteiger partial charge on any atom is 0.322 e. The standard InChI is InChI=1S/C19H21N3O2/c1-14-8-6-7-11-17(14)22-13-12-21(15(2)18(22)23)19(24)20-16-9-4-3-5-10-16/h3-11,15H,12-13H2,1-2H3,(H,20,24). The van der Waals surface area contributed by atoms with Crippen molar-refractivity contribution in [2.24, 2.45) is 0 Å². The molecule has 1 unspecified atom stereocenters. The Morgan fingerprint density at radius 3 is 2.42 bits per heavy atom. The number of anilines is 2. The van der Waals surface area contributed by atoms with Crippen LogP contribution in [0.4, 0.5) is 16.2 Å². The van der Waals surface area contributed by atoms with Crippen LogP contribution in [0.25, 0.3) is 0 Å². The summed E-state index contributed by atoms with van der Waals surface area (Å²) in [7, 11) is 0. The first kappa shape index (κ1) is 16.1. The lowest BCUT2D eigenvalue weighted by Crippen LogP contribution is -2.58. The number of hydrogen-bond donors (Lipinski definition) is 1. The second-order valence-corrected chi connectivity index (χ2v) is 5.94. The zero-order valence-corrected chi connectivity index (χ0v) is 13.9. The van der Waals surface area contributed by atoms with E-state index in [1.807, 2.05) is 61.5 Å². The zero-order chi connectivity index (χ0) is 17.1. The Morgan fingerprint density at radius 2 is 1.71 bits per heavy atom. The van der Waals surface area contributed by atoms with Gasteiger partial charge in [-0.3, -0.25) is 4.79 Å². The molecule has 24 heavy (non-hydrogen) atoms. The Balaban J connectivity index is 1.73. The number of nitrogens with zero attached hydrogens (tertiary/aromatic N) is 2. The van der Waals surface area contributed by atoms with Gasteiger partial charge in [-0.15, -0.1) is 0 Å². The molecule has 0 saturated carbocycles. The number of amides is 3. The van der Waals surface area contributed by atoms with Crippen molar-refractivity contribution in [3.63, 3.8) is 0 Å². The first-order valence-corrected chi connectivity index (χ1v) is 8.07. The van der Waals surface area contributed by atoms with Gasteiger partial charge < -0.3 is 15.1 Å². The second-order valence-electron chi connectivity index (χ2n) is 5.94. The van der Waals surface area contributed by atoms with E-state index in [1.54, 1.807) is 16.7 Å². The lowest BCUT2D eigenvalue weighted by Gasteiger charge is -2.39. The fourth-order valence-electron chi connectivity index (χ4n) is 2.97. The van der Waals surface area contributed by atoms with Crippen LogP contribution in [0.15, 0.2) is 54.6 Å². The summed E-state index contributed by atoms with van der Waals surface area (Å²) in [6.07, 6.45) is 0. The van der Waals surface area contributed by atoms with Crippen molar-refractivity contribution in [2.45, 2.75) is 19.9 Å². The molecule has 1 aliphatic heterocycles. The largest absolute Gasteiger partial charge is 0.322 e. The molecule has 2 aromatic rings. The van der Waals surface area contributed by atoms with Gasteiger partial charge in [-0.2, -0.15) is 0 Å². The van der Waals surface area contributed by atoms with Crippen LogP contribution < -0.4 is 10.2 Å². The molecule has 1 atom stereocenters. The number of carbonyl (C=O) groups excluding carboxylic acids is 2. The van der Waals surface area contributed by atoms with E-state index in [1.165, 1.54) is 0 Å². The Labute approximate surface area is 141 Å². The van der Waals surface area contributed by atoms with Gasteiger partial charge in [-0.05, 0) is 37.6 Å². The van der Waals surface area contributed by atoms with Gasteiger partial charge in [0.2, 0.25) is 5.91 Å². The molecule has 0 aromatic heterocycles. The average Bonchev–Trinajstić information content (AvgIpc) is 2.59. The smallest absolute Gasteiger partial charge is 0.311 e. The summed E-state index contributed by atoms with van der Waals surface area (Å²) >= 11 is 0. The molecule has 5 heteroatoms. The van der Waals surface area contributed by atoms with E-state index in [0.29, 0.717) is 13.1 Å². The second kappa shape index (κ2) is 6.74. The molecule has 3 rings (SSSR count). The Hall–Kier alpha value is -2.82. The number of piperazine rings is 1. The maximum atomic E-state index is 12.7. The van der Waals surface area contributed by atoms with E-state index in [4.69, 9.17) is 0 Å². The number of aryl methyl sites for hydroxylation is 1. The van der Waals surface area contributed by atoms with Gasteiger partial charge in [0.25, 0.3) is 0 Å². The van der Waals surface area contributed by atoms with Crippen LogP contribution in [-0.4, -0.2) is 36.0 Å². The van der Waals surface area contributed by atoms with E-state index in [0.717, 1.165) is 16.9 Å². The van der Waals surface area contributed by atoms with Crippen molar-refractivity contribution in [2.75, 3.05) is 23.3 Å². The minimum atomic E-state index is -0.498.